The SMILES string of the molecule is CC(C)Cn1ncnc1CN1CCc2cccc(N)c21. The predicted octanol–water partition coefficient (Wildman–Crippen LogP) is 2.08. The van der Waals surface area contributed by atoms with Gasteiger partial charge in [0.25, 0.3) is 0 Å². The highest BCUT2D eigenvalue weighted by molar-refractivity contribution is 5.74. The number of nitrogens with two attached hydrogens (primary N) is 1. The molecule has 5 nitrogen and oxygen atoms in total. The Morgan fingerprint density at radius 2 is 2.20 bits per heavy atom. The molecule has 3 rings (SSSR count). The zero-order valence-electron chi connectivity index (χ0n) is 12.1. The fraction of sp³-hybridized carbons (Fsp3) is 0.467. The maximum Gasteiger partial charge on any atom is 0.146 e. The lowest BCUT2D eigenvalue weighted by molar-refractivity contribution is 0.464. The van der Waals surface area contributed by atoms with Gasteiger partial charge in [-0.15, -0.1) is 0 Å². The van der Waals surface area contributed by atoms with E-state index in [0.29, 0.717) is 5.92 Å². The van der Waals surface area contributed by atoms with Crippen LogP contribution in [-0.4, -0.2) is 21.3 Å². The minimum absolute atomic E-state index is 0.561. The number of nitrogen functional groups attached to an aromatic ring is 1. The van der Waals surface area contributed by atoms with E-state index < -0.39 is 0 Å². The summed E-state index contributed by atoms with van der Waals surface area (Å²) in [4.78, 5) is 6.72. The summed E-state index contributed by atoms with van der Waals surface area (Å²) in [6.07, 6.45) is 2.70. The van der Waals surface area contributed by atoms with Crippen molar-refractivity contribution in [3.8, 4) is 0 Å². The predicted molar refractivity (Wildman–Crippen MR) is 80.5 cm³/mol. The van der Waals surface area contributed by atoms with Crippen LogP contribution in [0.5, 0.6) is 0 Å². The second-order valence-corrected chi connectivity index (χ2v) is 5.78. The first-order valence-electron chi connectivity index (χ1n) is 7.14. The van der Waals surface area contributed by atoms with Crippen molar-refractivity contribution in [2.45, 2.75) is 33.4 Å². The zero-order valence-corrected chi connectivity index (χ0v) is 12.1. The highest BCUT2D eigenvalue weighted by atomic mass is 15.4. The van der Waals surface area contributed by atoms with Crippen LogP contribution in [0.1, 0.15) is 25.2 Å². The van der Waals surface area contributed by atoms with Crippen molar-refractivity contribution in [1.29, 1.82) is 0 Å². The third kappa shape index (κ3) is 2.35. The number of rotatable bonds is 4. The van der Waals surface area contributed by atoms with Crippen LogP contribution in [0.2, 0.25) is 0 Å². The van der Waals surface area contributed by atoms with Gasteiger partial charge in [-0.25, -0.2) is 9.67 Å². The molecule has 5 heteroatoms. The normalized spacial score (nSPS) is 14.1. The topological polar surface area (TPSA) is 60.0 Å². The summed E-state index contributed by atoms with van der Waals surface area (Å²) in [6.45, 7) is 7.05. The van der Waals surface area contributed by atoms with E-state index in [-0.39, 0.29) is 0 Å². The molecule has 20 heavy (non-hydrogen) atoms. The van der Waals surface area contributed by atoms with Gasteiger partial charge >= 0.3 is 0 Å². The summed E-state index contributed by atoms with van der Waals surface area (Å²) in [6, 6.07) is 6.15. The lowest BCUT2D eigenvalue weighted by atomic mass is 10.1. The van der Waals surface area contributed by atoms with Gasteiger partial charge in [0.05, 0.1) is 17.9 Å². The van der Waals surface area contributed by atoms with Crippen LogP contribution >= 0.6 is 0 Å². The molecule has 0 atom stereocenters. The van der Waals surface area contributed by atoms with Gasteiger partial charge in [-0.2, -0.15) is 5.10 Å². The van der Waals surface area contributed by atoms with Crippen LogP contribution in [0.3, 0.4) is 0 Å². The number of hydrogen-bond donors (Lipinski definition) is 1. The van der Waals surface area contributed by atoms with Crippen LogP contribution < -0.4 is 10.6 Å². The third-order valence-corrected chi connectivity index (χ3v) is 3.68. The van der Waals surface area contributed by atoms with Crippen LogP contribution in [0.15, 0.2) is 24.5 Å². The standard InChI is InChI=1S/C15H21N5/c1-11(2)8-20-14(17-10-18-20)9-19-7-6-12-4-3-5-13(16)15(12)19/h3-5,10-11H,6-9,16H2,1-2H3. The average Bonchev–Trinajstić information content (AvgIpc) is 2.98. The van der Waals surface area contributed by atoms with Gasteiger partial charge in [0, 0.05) is 13.1 Å². The molecule has 0 unspecified atom stereocenters. The van der Waals surface area contributed by atoms with Gasteiger partial charge in [0.15, 0.2) is 0 Å². The van der Waals surface area contributed by atoms with Crippen molar-refractivity contribution < 1.29 is 0 Å². The molecule has 0 aliphatic carbocycles. The molecule has 2 heterocycles. The van der Waals surface area contributed by atoms with Crippen molar-refractivity contribution in [3.05, 3.63) is 35.9 Å². The summed E-state index contributed by atoms with van der Waals surface area (Å²) < 4.78 is 2.00. The molecule has 1 aliphatic heterocycles. The number of para-hydroxylation sites is 1. The number of benzene rings is 1. The summed E-state index contributed by atoms with van der Waals surface area (Å²) in [7, 11) is 0. The van der Waals surface area contributed by atoms with E-state index in [0.717, 1.165) is 37.6 Å². The molecule has 2 N–H and O–H groups in total. The Labute approximate surface area is 119 Å². The van der Waals surface area contributed by atoms with Crippen molar-refractivity contribution in [2.75, 3.05) is 17.2 Å². The molecule has 0 saturated heterocycles. The zero-order chi connectivity index (χ0) is 14.1. The number of anilines is 2. The Kier molecular flexibility index (Phi) is 3.34. The highest BCUT2D eigenvalue weighted by Crippen LogP contribution is 2.34. The van der Waals surface area contributed by atoms with Crippen molar-refractivity contribution in [2.24, 2.45) is 5.92 Å². The van der Waals surface area contributed by atoms with E-state index >= 15 is 0 Å². The Bertz CT molecular complexity index is 602. The Morgan fingerprint density at radius 3 is 3.00 bits per heavy atom. The minimum atomic E-state index is 0.561. The maximum absolute atomic E-state index is 6.13. The van der Waals surface area contributed by atoms with Crippen LogP contribution in [-0.2, 0) is 19.5 Å². The molecular formula is C15H21N5. The second kappa shape index (κ2) is 5.15. The largest absolute Gasteiger partial charge is 0.397 e. The summed E-state index contributed by atoms with van der Waals surface area (Å²) in [5.41, 5.74) is 9.49. The number of aromatic nitrogens is 3. The molecule has 106 valence electrons. The monoisotopic (exact) mass is 271 g/mol. The van der Waals surface area contributed by atoms with Crippen LogP contribution in [0.25, 0.3) is 0 Å². The number of hydrogen-bond acceptors (Lipinski definition) is 4. The maximum atomic E-state index is 6.13. The minimum Gasteiger partial charge on any atom is -0.397 e. The van der Waals surface area contributed by atoms with E-state index in [2.05, 4.69) is 34.9 Å². The highest BCUT2D eigenvalue weighted by Gasteiger charge is 2.22. The summed E-state index contributed by atoms with van der Waals surface area (Å²) in [5.74, 6) is 1.57. The van der Waals surface area contributed by atoms with Gasteiger partial charge in [-0.1, -0.05) is 26.0 Å². The fourth-order valence-electron chi connectivity index (χ4n) is 2.80. The molecule has 0 saturated carbocycles. The second-order valence-electron chi connectivity index (χ2n) is 5.78. The first-order valence-corrected chi connectivity index (χ1v) is 7.14. The Morgan fingerprint density at radius 1 is 1.35 bits per heavy atom. The number of fused-ring (bicyclic) bond motifs is 1. The average molecular weight is 271 g/mol. The van der Waals surface area contributed by atoms with Crippen LogP contribution in [0, 0.1) is 5.92 Å². The smallest absolute Gasteiger partial charge is 0.146 e. The van der Waals surface area contributed by atoms with E-state index in [9.17, 15) is 0 Å². The lowest BCUT2D eigenvalue weighted by Crippen LogP contribution is -2.24. The molecule has 0 spiro atoms. The van der Waals surface area contributed by atoms with Crippen molar-refractivity contribution >= 4 is 11.4 Å². The first-order chi connectivity index (χ1) is 9.65. The number of nitrogens with zero attached hydrogens (tertiary/aromatic N) is 4. The first kappa shape index (κ1) is 13.0. The van der Waals surface area contributed by atoms with Gasteiger partial charge in [0.2, 0.25) is 0 Å². The summed E-state index contributed by atoms with van der Waals surface area (Å²) in [5, 5.41) is 4.32. The quantitative estimate of drug-likeness (QED) is 0.865. The molecule has 0 fully saturated rings. The van der Waals surface area contributed by atoms with Crippen LogP contribution in [0.4, 0.5) is 11.4 Å². The van der Waals surface area contributed by atoms with E-state index in [1.807, 2.05) is 16.8 Å². The molecule has 0 bridgehead atoms. The molecule has 0 amide bonds. The lowest BCUT2D eigenvalue weighted by Gasteiger charge is -2.21. The van der Waals surface area contributed by atoms with Gasteiger partial charge in [-0.05, 0) is 24.0 Å². The fourth-order valence-corrected chi connectivity index (χ4v) is 2.80. The van der Waals surface area contributed by atoms with Gasteiger partial charge in [-0.3, -0.25) is 0 Å². The third-order valence-electron chi connectivity index (χ3n) is 3.68. The van der Waals surface area contributed by atoms with Gasteiger partial charge in [0.1, 0.15) is 12.2 Å². The molecule has 1 aromatic carbocycles. The molecule has 0 radical (unpaired) electrons. The van der Waals surface area contributed by atoms with E-state index in [1.165, 1.54) is 11.3 Å². The Hall–Kier alpha value is -2.04. The molecule has 1 aliphatic rings. The van der Waals surface area contributed by atoms with E-state index in [4.69, 9.17) is 5.73 Å². The van der Waals surface area contributed by atoms with Gasteiger partial charge < -0.3 is 10.6 Å². The summed E-state index contributed by atoms with van der Waals surface area (Å²) >= 11 is 0. The van der Waals surface area contributed by atoms with E-state index in [1.54, 1.807) is 6.33 Å². The molecule has 1 aromatic heterocycles. The Balaban J connectivity index is 1.83. The molecular weight excluding hydrogens is 250 g/mol. The van der Waals surface area contributed by atoms with Crippen molar-refractivity contribution in [1.82, 2.24) is 14.8 Å². The van der Waals surface area contributed by atoms with Crippen molar-refractivity contribution in [3.63, 3.8) is 0 Å². The molecule has 2 aromatic rings.